The largest absolute Gasteiger partial charge is 0.351 e. The summed E-state index contributed by atoms with van der Waals surface area (Å²) in [4.78, 5) is 20.5. The van der Waals surface area contributed by atoms with Gasteiger partial charge >= 0.3 is 0 Å². The molecule has 2 aromatic rings. The van der Waals surface area contributed by atoms with Crippen LogP contribution in [-0.4, -0.2) is 22.4 Å². The summed E-state index contributed by atoms with van der Waals surface area (Å²) >= 11 is 0. The number of benzene rings is 1. The number of aryl methyl sites for hydroxylation is 1. The van der Waals surface area contributed by atoms with Crippen LogP contribution in [0.5, 0.6) is 0 Å². The molecule has 0 atom stereocenters. The van der Waals surface area contributed by atoms with Crippen LogP contribution in [-0.2, 0) is 0 Å². The van der Waals surface area contributed by atoms with Crippen LogP contribution >= 0.6 is 0 Å². The van der Waals surface area contributed by atoms with Gasteiger partial charge in [0.25, 0.3) is 5.91 Å². The van der Waals surface area contributed by atoms with Gasteiger partial charge < -0.3 is 10.6 Å². The lowest BCUT2D eigenvalue weighted by Gasteiger charge is -2.09. The zero-order valence-electron chi connectivity index (χ0n) is 13.3. The van der Waals surface area contributed by atoms with Crippen molar-refractivity contribution < 1.29 is 4.79 Å². The summed E-state index contributed by atoms with van der Waals surface area (Å²) in [6.45, 7) is 6.91. The molecule has 5 heteroatoms. The number of carbonyl (C=O) groups excluding carboxylic acids is 1. The Hall–Kier alpha value is -2.43. The molecule has 5 nitrogen and oxygen atoms in total. The first-order chi connectivity index (χ1) is 10.6. The summed E-state index contributed by atoms with van der Waals surface area (Å²) in [5.74, 6) is 0.811. The van der Waals surface area contributed by atoms with Crippen molar-refractivity contribution in [1.82, 2.24) is 15.3 Å². The molecule has 0 saturated carbocycles. The monoisotopic (exact) mass is 298 g/mol. The molecular formula is C17H22N4O. The van der Waals surface area contributed by atoms with Crippen molar-refractivity contribution in [3.8, 4) is 0 Å². The summed E-state index contributed by atoms with van der Waals surface area (Å²) in [5, 5.41) is 6.02. The maximum absolute atomic E-state index is 12.1. The zero-order valence-corrected chi connectivity index (χ0v) is 13.3. The van der Waals surface area contributed by atoms with Crippen LogP contribution in [0.1, 0.15) is 36.3 Å². The highest BCUT2D eigenvalue weighted by molar-refractivity contribution is 5.92. The zero-order chi connectivity index (χ0) is 15.9. The molecule has 1 aromatic carbocycles. The standard InChI is InChI=1S/C17H22N4O/c1-12(2)8-10-18-16(22)15-9-11-19-17(21-15)20-14-7-5-4-6-13(14)3/h4-7,9,11-12H,8,10H2,1-3H3,(H,18,22)(H,19,20,21). The van der Waals surface area contributed by atoms with Crippen molar-refractivity contribution in [3.05, 3.63) is 47.8 Å². The number of para-hydroxylation sites is 1. The van der Waals surface area contributed by atoms with Gasteiger partial charge in [-0.25, -0.2) is 9.97 Å². The van der Waals surface area contributed by atoms with Crippen LogP contribution in [0.2, 0.25) is 0 Å². The van der Waals surface area contributed by atoms with Gasteiger partial charge in [0.15, 0.2) is 0 Å². The van der Waals surface area contributed by atoms with Crippen LogP contribution in [0.25, 0.3) is 0 Å². The van der Waals surface area contributed by atoms with Gasteiger partial charge in [-0.1, -0.05) is 32.0 Å². The predicted octanol–water partition coefficient (Wildman–Crippen LogP) is 3.30. The number of amides is 1. The first kappa shape index (κ1) is 15.9. The minimum Gasteiger partial charge on any atom is -0.351 e. The van der Waals surface area contributed by atoms with Gasteiger partial charge in [0.1, 0.15) is 5.69 Å². The molecular weight excluding hydrogens is 276 g/mol. The summed E-state index contributed by atoms with van der Waals surface area (Å²) in [6.07, 6.45) is 2.54. The summed E-state index contributed by atoms with van der Waals surface area (Å²) in [6, 6.07) is 9.49. The molecule has 0 aliphatic carbocycles. The van der Waals surface area contributed by atoms with E-state index in [2.05, 4.69) is 34.4 Å². The second-order valence-electron chi connectivity index (χ2n) is 5.64. The second kappa shape index (κ2) is 7.54. The van der Waals surface area contributed by atoms with Crippen LogP contribution in [0, 0.1) is 12.8 Å². The van der Waals surface area contributed by atoms with Gasteiger partial charge in [-0.3, -0.25) is 4.79 Å². The van der Waals surface area contributed by atoms with Gasteiger partial charge in [-0.15, -0.1) is 0 Å². The third-order valence-corrected chi connectivity index (χ3v) is 3.29. The van der Waals surface area contributed by atoms with E-state index in [0.717, 1.165) is 17.7 Å². The number of aromatic nitrogens is 2. The highest BCUT2D eigenvalue weighted by Gasteiger charge is 2.09. The fraction of sp³-hybridized carbons (Fsp3) is 0.353. The SMILES string of the molecule is Cc1ccccc1Nc1nccc(C(=O)NCCC(C)C)n1. The number of nitrogens with zero attached hydrogens (tertiary/aromatic N) is 2. The van der Waals surface area contributed by atoms with Gasteiger partial charge in [0.05, 0.1) is 0 Å². The Labute approximate surface area is 131 Å². The molecule has 1 amide bonds. The quantitative estimate of drug-likeness (QED) is 0.858. The summed E-state index contributed by atoms with van der Waals surface area (Å²) < 4.78 is 0. The number of carbonyl (C=O) groups is 1. The number of rotatable bonds is 6. The Morgan fingerprint density at radius 1 is 1.23 bits per heavy atom. The lowest BCUT2D eigenvalue weighted by molar-refractivity contribution is 0.0947. The van der Waals surface area contributed by atoms with Crippen LogP contribution < -0.4 is 10.6 Å². The van der Waals surface area contributed by atoms with E-state index >= 15 is 0 Å². The van der Waals surface area contributed by atoms with E-state index in [4.69, 9.17) is 0 Å². The molecule has 0 radical (unpaired) electrons. The molecule has 116 valence electrons. The smallest absolute Gasteiger partial charge is 0.270 e. The van der Waals surface area contributed by atoms with Crippen molar-refractivity contribution in [1.29, 1.82) is 0 Å². The van der Waals surface area contributed by atoms with Gasteiger partial charge in [-0.05, 0) is 37.0 Å². The molecule has 1 aromatic heterocycles. The third-order valence-electron chi connectivity index (χ3n) is 3.29. The van der Waals surface area contributed by atoms with E-state index < -0.39 is 0 Å². The number of anilines is 2. The molecule has 0 unspecified atom stereocenters. The Morgan fingerprint density at radius 2 is 2.00 bits per heavy atom. The predicted molar refractivity (Wildman–Crippen MR) is 88.3 cm³/mol. The number of hydrogen-bond acceptors (Lipinski definition) is 4. The fourth-order valence-corrected chi connectivity index (χ4v) is 1.94. The molecule has 0 fully saturated rings. The van der Waals surface area contributed by atoms with Gasteiger partial charge in [0.2, 0.25) is 5.95 Å². The second-order valence-corrected chi connectivity index (χ2v) is 5.64. The Morgan fingerprint density at radius 3 is 2.73 bits per heavy atom. The average molecular weight is 298 g/mol. The van der Waals surface area contributed by atoms with Crippen molar-refractivity contribution in [3.63, 3.8) is 0 Å². The average Bonchev–Trinajstić information content (AvgIpc) is 2.49. The molecule has 0 aliphatic heterocycles. The first-order valence-electron chi connectivity index (χ1n) is 7.50. The fourth-order valence-electron chi connectivity index (χ4n) is 1.94. The third kappa shape index (κ3) is 4.55. The van der Waals surface area contributed by atoms with E-state index in [1.165, 1.54) is 0 Å². The Kier molecular flexibility index (Phi) is 5.47. The molecule has 0 aliphatic rings. The van der Waals surface area contributed by atoms with E-state index in [-0.39, 0.29) is 5.91 Å². The summed E-state index contributed by atoms with van der Waals surface area (Å²) in [5.41, 5.74) is 2.40. The van der Waals surface area contributed by atoms with Crippen molar-refractivity contribution in [2.24, 2.45) is 5.92 Å². The molecule has 0 spiro atoms. The molecule has 0 bridgehead atoms. The lowest BCUT2D eigenvalue weighted by Crippen LogP contribution is -2.26. The minimum atomic E-state index is -0.170. The van der Waals surface area contributed by atoms with Gasteiger partial charge in [0, 0.05) is 18.4 Å². The maximum Gasteiger partial charge on any atom is 0.270 e. The van der Waals surface area contributed by atoms with Crippen molar-refractivity contribution in [2.75, 3.05) is 11.9 Å². The Bertz CT molecular complexity index is 640. The molecule has 2 N–H and O–H groups in total. The van der Waals surface area contributed by atoms with E-state index in [1.54, 1.807) is 12.3 Å². The van der Waals surface area contributed by atoms with Crippen LogP contribution in [0.3, 0.4) is 0 Å². The molecule has 0 saturated heterocycles. The minimum absolute atomic E-state index is 0.170. The van der Waals surface area contributed by atoms with E-state index in [1.807, 2.05) is 31.2 Å². The van der Waals surface area contributed by atoms with Gasteiger partial charge in [-0.2, -0.15) is 0 Å². The lowest BCUT2D eigenvalue weighted by atomic mass is 10.1. The van der Waals surface area contributed by atoms with E-state index in [9.17, 15) is 4.79 Å². The first-order valence-corrected chi connectivity index (χ1v) is 7.50. The van der Waals surface area contributed by atoms with E-state index in [0.29, 0.717) is 24.1 Å². The summed E-state index contributed by atoms with van der Waals surface area (Å²) in [7, 11) is 0. The van der Waals surface area contributed by atoms with Crippen molar-refractivity contribution in [2.45, 2.75) is 27.2 Å². The van der Waals surface area contributed by atoms with Crippen LogP contribution in [0.4, 0.5) is 11.6 Å². The topological polar surface area (TPSA) is 66.9 Å². The van der Waals surface area contributed by atoms with Crippen molar-refractivity contribution >= 4 is 17.5 Å². The molecule has 1 heterocycles. The maximum atomic E-state index is 12.1. The molecule has 2 rings (SSSR count). The normalized spacial score (nSPS) is 10.5. The highest BCUT2D eigenvalue weighted by Crippen LogP contribution is 2.17. The highest BCUT2D eigenvalue weighted by atomic mass is 16.1. The Balaban J connectivity index is 2.03. The number of hydrogen-bond donors (Lipinski definition) is 2. The van der Waals surface area contributed by atoms with Crippen LogP contribution in [0.15, 0.2) is 36.5 Å². The number of nitrogens with one attached hydrogen (secondary N) is 2. The molecule has 22 heavy (non-hydrogen) atoms.